The predicted octanol–water partition coefficient (Wildman–Crippen LogP) is 3.03. The second-order valence-corrected chi connectivity index (χ2v) is 4.97. The smallest absolute Gasteiger partial charge is 0.150 e. The minimum Gasteiger partial charge on any atom is -0.396 e. The number of rotatable bonds is 3. The van der Waals surface area contributed by atoms with Crippen LogP contribution in [-0.4, -0.2) is 18.0 Å². The number of likely N-dealkylation sites (tertiary alicyclic amines) is 1. The van der Waals surface area contributed by atoms with E-state index in [1.54, 1.807) is 6.07 Å². The Bertz CT molecular complexity index is 378. The molecular formula is C14H21FN2. The molecule has 1 saturated heterocycles. The minimum absolute atomic E-state index is 0.244. The quantitative estimate of drug-likeness (QED) is 0.817. The van der Waals surface area contributed by atoms with Crippen molar-refractivity contribution in [2.24, 2.45) is 5.92 Å². The molecule has 1 aromatic rings. The van der Waals surface area contributed by atoms with E-state index in [-0.39, 0.29) is 11.5 Å². The van der Waals surface area contributed by atoms with Crippen LogP contribution in [0.4, 0.5) is 10.1 Å². The third-order valence-electron chi connectivity index (χ3n) is 3.68. The lowest BCUT2D eigenvalue weighted by Gasteiger charge is -2.32. The van der Waals surface area contributed by atoms with Gasteiger partial charge in [0.1, 0.15) is 0 Å². The van der Waals surface area contributed by atoms with Crippen molar-refractivity contribution in [2.45, 2.75) is 32.7 Å². The zero-order valence-corrected chi connectivity index (χ0v) is 10.5. The second-order valence-electron chi connectivity index (χ2n) is 4.97. The molecule has 94 valence electrons. The number of piperidine rings is 1. The average Bonchev–Trinajstić information content (AvgIpc) is 2.35. The van der Waals surface area contributed by atoms with Crippen molar-refractivity contribution < 1.29 is 4.39 Å². The van der Waals surface area contributed by atoms with Crippen molar-refractivity contribution in [3.05, 3.63) is 29.6 Å². The Labute approximate surface area is 103 Å². The van der Waals surface area contributed by atoms with E-state index >= 15 is 0 Å². The molecule has 17 heavy (non-hydrogen) atoms. The first kappa shape index (κ1) is 12.4. The number of nitrogens with zero attached hydrogens (tertiary/aromatic N) is 1. The summed E-state index contributed by atoms with van der Waals surface area (Å²) in [6.45, 7) is 5.08. The Morgan fingerprint density at radius 3 is 3.06 bits per heavy atom. The van der Waals surface area contributed by atoms with E-state index in [0.717, 1.165) is 24.6 Å². The van der Waals surface area contributed by atoms with Gasteiger partial charge >= 0.3 is 0 Å². The van der Waals surface area contributed by atoms with Crippen LogP contribution in [0.1, 0.15) is 31.7 Å². The highest BCUT2D eigenvalue weighted by Crippen LogP contribution is 2.22. The van der Waals surface area contributed by atoms with Crippen molar-refractivity contribution in [2.75, 3.05) is 18.8 Å². The number of halogens is 1. The third kappa shape index (κ3) is 2.97. The summed E-state index contributed by atoms with van der Waals surface area (Å²) in [5, 5.41) is 0. The molecule has 0 aromatic heterocycles. The van der Waals surface area contributed by atoms with Crippen LogP contribution in [0.25, 0.3) is 0 Å². The van der Waals surface area contributed by atoms with Crippen molar-refractivity contribution >= 4 is 5.69 Å². The first-order valence-corrected chi connectivity index (χ1v) is 6.46. The SMILES string of the molecule is CCC1CCCN(Cc2cccc(N)c2F)C1. The maximum atomic E-state index is 13.8. The van der Waals surface area contributed by atoms with Crippen molar-refractivity contribution in [3.63, 3.8) is 0 Å². The number of nitrogen functional groups attached to an aromatic ring is 1. The molecule has 1 aromatic carbocycles. The molecule has 1 atom stereocenters. The van der Waals surface area contributed by atoms with E-state index in [4.69, 9.17) is 5.73 Å². The summed E-state index contributed by atoms with van der Waals surface area (Å²) in [6, 6.07) is 5.28. The maximum Gasteiger partial charge on any atom is 0.150 e. The van der Waals surface area contributed by atoms with Gasteiger partial charge in [-0.05, 0) is 31.4 Å². The molecule has 2 N–H and O–H groups in total. The fourth-order valence-electron chi connectivity index (χ4n) is 2.59. The van der Waals surface area contributed by atoms with Gasteiger partial charge in [-0.3, -0.25) is 4.90 Å². The van der Waals surface area contributed by atoms with Crippen molar-refractivity contribution in [1.82, 2.24) is 4.90 Å². The highest BCUT2D eigenvalue weighted by molar-refractivity contribution is 5.42. The number of anilines is 1. The number of hydrogen-bond donors (Lipinski definition) is 1. The number of hydrogen-bond acceptors (Lipinski definition) is 2. The molecule has 2 nitrogen and oxygen atoms in total. The lowest BCUT2D eigenvalue weighted by atomic mass is 9.95. The lowest BCUT2D eigenvalue weighted by molar-refractivity contribution is 0.163. The molecule has 1 heterocycles. The second kappa shape index (κ2) is 5.50. The van der Waals surface area contributed by atoms with Gasteiger partial charge in [0.25, 0.3) is 0 Å². The minimum atomic E-state index is -0.244. The van der Waals surface area contributed by atoms with Gasteiger partial charge in [-0.2, -0.15) is 0 Å². The molecule has 1 aliphatic heterocycles. The van der Waals surface area contributed by atoms with Crippen LogP contribution in [0.15, 0.2) is 18.2 Å². The molecule has 0 aliphatic carbocycles. The molecule has 3 heteroatoms. The maximum absolute atomic E-state index is 13.8. The van der Waals surface area contributed by atoms with Crippen LogP contribution >= 0.6 is 0 Å². The van der Waals surface area contributed by atoms with E-state index < -0.39 is 0 Å². The summed E-state index contributed by atoms with van der Waals surface area (Å²) in [6.07, 6.45) is 3.75. The van der Waals surface area contributed by atoms with E-state index in [1.165, 1.54) is 19.3 Å². The first-order valence-electron chi connectivity index (χ1n) is 6.46. The summed E-state index contributed by atoms with van der Waals surface area (Å²) in [5.74, 6) is 0.527. The van der Waals surface area contributed by atoms with E-state index in [2.05, 4.69) is 11.8 Å². The summed E-state index contributed by atoms with van der Waals surface area (Å²) >= 11 is 0. The largest absolute Gasteiger partial charge is 0.396 e. The molecule has 0 amide bonds. The summed E-state index contributed by atoms with van der Waals surface area (Å²) in [7, 11) is 0. The van der Waals surface area contributed by atoms with Gasteiger partial charge in [-0.15, -0.1) is 0 Å². The Morgan fingerprint density at radius 1 is 1.47 bits per heavy atom. The zero-order valence-electron chi connectivity index (χ0n) is 10.5. The van der Waals surface area contributed by atoms with Crippen LogP contribution < -0.4 is 5.73 Å². The van der Waals surface area contributed by atoms with Crippen LogP contribution in [0.3, 0.4) is 0 Å². The highest BCUT2D eigenvalue weighted by Gasteiger charge is 2.19. The van der Waals surface area contributed by atoms with Gasteiger partial charge in [-0.1, -0.05) is 25.5 Å². The number of benzene rings is 1. The van der Waals surface area contributed by atoms with Gasteiger partial charge < -0.3 is 5.73 Å². The first-order chi connectivity index (χ1) is 8.20. The third-order valence-corrected chi connectivity index (χ3v) is 3.68. The van der Waals surface area contributed by atoms with Gasteiger partial charge in [0, 0.05) is 18.7 Å². The van der Waals surface area contributed by atoms with Gasteiger partial charge in [0.05, 0.1) is 5.69 Å². The van der Waals surface area contributed by atoms with Gasteiger partial charge in [0.2, 0.25) is 0 Å². The Morgan fingerprint density at radius 2 is 2.29 bits per heavy atom. The summed E-state index contributed by atoms with van der Waals surface area (Å²) in [5.41, 5.74) is 6.57. The monoisotopic (exact) mass is 236 g/mol. The molecule has 1 unspecified atom stereocenters. The summed E-state index contributed by atoms with van der Waals surface area (Å²) in [4.78, 5) is 2.34. The molecule has 0 saturated carbocycles. The molecule has 0 radical (unpaired) electrons. The highest BCUT2D eigenvalue weighted by atomic mass is 19.1. The van der Waals surface area contributed by atoms with Crippen molar-refractivity contribution in [3.8, 4) is 0 Å². The molecule has 0 bridgehead atoms. The zero-order chi connectivity index (χ0) is 12.3. The standard InChI is InChI=1S/C14H21FN2/c1-2-11-5-4-8-17(9-11)10-12-6-3-7-13(16)14(12)15/h3,6-7,11H,2,4-5,8-10,16H2,1H3. The van der Waals surface area contributed by atoms with Crippen LogP contribution in [-0.2, 0) is 6.54 Å². The van der Waals surface area contributed by atoms with Crippen molar-refractivity contribution in [1.29, 1.82) is 0 Å². The normalized spacial score (nSPS) is 21.6. The lowest BCUT2D eigenvalue weighted by Crippen LogP contribution is -2.34. The average molecular weight is 236 g/mol. The molecule has 2 rings (SSSR count). The van der Waals surface area contributed by atoms with Crippen LogP contribution in [0.5, 0.6) is 0 Å². The number of nitrogens with two attached hydrogens (primary N) is 1. The fourth-order valence-corrected chi connectivity index (χ4v) is 2.59. The molecule has 1 aliphatic rings. The van der Waals surface area contributed by atoms with E-state index in [0.29, 0.717) is 6.54 Å². The van der Waals surface area contributed by atoms with Gasteiger partial charge in [0.15, 0.2) is 5.82 Å². The topological polar surface area (TPSA) is 29.3 Å². The Hall–Kier alpha value is -1.09. The molecule has 0 spiro atoms. The fraction of sp³-hybridized carbons (Fsp3) is 0.571. The van der Waals surface area contributed by atoms with E-state index in [9.17, 15) is 4.39 Å². The van der Waals surface area contributed by atoms with Gasteiger partial charge in [-0.25, -0.2) is 4.39 Å². The molecular weight excluding hydrogens is 215 g/mol. The summed E-state index contributed by atoms with van der Waals surface area (Å²) < 4.78 is 13.8. The van der Waals surface area contributed by atoms with Crippen LogP contribution in [0, 0.1) is 11.7 Å². The van der Waals surface area contributed by atoms with E-state index in [1.807, 2.05) is 12.1 Å². The van der Waals surface area contributed by atoms with Crippen LogP contribution in [0.2, 0.25) is 0 Å². The predicted molar refractivity (Wildman–Crippen MR) is 69.1 cm³/mol. The Balaban J connectivity index is 2.02. The Kier molecular flexibility index (Phi) is 4.00. The molecule has 1 fully saturated rings.